The van der Waals surface area contributed by atoms with E-state index < -0.39 is 29.3 Å². The van der Waals surface area contributed by atoms with Crippen molar-refractivity contribution in [1.29, 1.82) is 0 Å². The molecule has 3 unspecified atom stereocenters. The molecular formula is C29H27ClF3N9O2. The average Bonchev–Trinajstić information content (AvgIpc) is 3.43. The van der Waals surface area contributed by atoms with Gasteiger partial charge in [0.1, 0.15) is 11.7 Å². The van der Waals surface area contributed by atoms with Gasteiger partial charge in [-0.15, -0.1) is 0 Å². The van der Waals surface area contributed by atoms with Crippen LogP contribution in [0.1, 0.15) is 47.4 Å². The largest absolute Gasteiger partial charge is 0.347 e. The molecule has 228 valence electrons. The number of nitrogens with zero attached hydrogens (tertiary/aromatic N) is 8. The van der Waals surface area contributed by atoms with Crippen molar-refractivity contribution in [2.24, 2.45) is 11.8 Å². The van der Waals surface area contributed by atoms with Crippen LogP contribution < -0.4 is 10.2 Å². The Labute approximate surface area is 255 Å². The Bertz CT molecular complexity index is 1730. The van der Waals surface area contributed by atoms with Gasteiger partial charge in [-0.2, -0.15) is 5.10 Å². The Balaban J connectivity index is 1.15. The van der Waals surface area contributed by atoms with Crippen molar-refractivity contribution >= 4 is 35.1 Å². The summed E-state index contributed by atoms with van der Waals surface area (Å²) in [5, 5.41) is 6.61. The number of aromatic nitrogens is 6. The Kier molecular flexibility index (Phi) is 7.70. The fourth-order valence-electron chi connectivity index (χ4n) is 5.51. The number of fused-ring (bicyclic) bond motifs is 1. The van der Waals surface area contributed by atoms with Crippen LogP contribution in [0.3, 0.4) is 0 Å². The second-order valence-electron chi connectivity index (χ2n) is 11.1. The lowest BCUT2D eigenvalue weighted by Crippen LogP contribution is -2.46. The van der Waals surface area contributed by atoms with E-state index in [9.17, 15) is 22.8 Å². The van der Waals surface area contributed by atoms with Crippen LogP contribution in [0.4, 0.5) is 24.8 Å². The Morgan fingerprint density at radius 1 is 1.11 bits per heavy atom. The monoisotopic (exact) mass is 625 g/mol. The number of nitrogens with one attached hydrogen (secondary N) is 1. The topological polar surface area (TPSA) is 122 Å². The lowest BCUT2D eigenvalue weighted by Gasteiger charge is -2.28. The lowest BCUT2D eigenvalue weighted by atomic mass is 10.0. The van der Waals surface area contributed by atoms with Crippen molar-refractivity contribution in [2.45, 2.75) is 31.9 Å². The molecule has 1 aliphatic heterocycles. The zero-order valence-electron chi connectivity index (χ0n) is 23.8. The summed E-state index contributed by atoms with van der Waals surface area (Å²) in [5.41, 5.74) is -0.543. The molecule has 3 aromatic heterocycles. The SMILES string of the molecule is C[C@H](c1cnc(N2CC3CC3C2C(=O)N(C)C)nc1)n1cc(NC(=O)c2cncc(-c3c(C(F)F)ccc(Cl)c3F)n2)cn1. The molecule has 0 radical (unpaired) electrons. The standard InChI is InChI=1S/C29H27ClF3N9O2/c1-14(16-7-35-29(36-8-16)41-12-15-6-19(15)25(41)28(44)40(2)3)42-13-17(9-37-42)38-27(43)22-11-34-10-21(39-22)23-18(26(32)33)4-5-20(30)24(23)31/h4-5,7-11,13-15,19,25-26H,6,12H2,1-3H3,(H,38,43)/t14-,15?,19?,25?/m1/s1. The summed E-state index contributed by atoms with van der Waals surface area (Å²) in [6.45, 7) is 2.64. The van der Waals surface area contributed by atoms with E-state index >= 15 is 0 Å². The summed E-state index contributed by atoms with van der Waals surface area (Å²) >= 11 is 5.81. The minimum Gasteiger partial charge on any atom is -0.347 e. The zero-order chi connectivity index (χ0) is 31.3. The number of carbonyl (C=O) groups is 2. The molecule has 0 bridgehead atoms. The number of benzene rings is 1. The number of likely N-dealkylation sites (N-methyl/N-ethyl adjacent to an activating group) is 1. The Morgan fingerprint density at radius 2 is 1.86 bits per heavy atom. The number of rotatable bonds is 8. The van der Waals surface area contributed by atoms with Gasteiger partial charge in [0.25, 0.3) is 12.3 Å². The molecule has 4 aromatic rings. The molecule has 1 saturated heterocycles. The summed E-state index contributed by atoms with van der Waals surface area (Å²) in [4.78, 5) is 46.4. The first-order valence-corrected chi connectivity index (χ1v) is 14.1. The van der Waals surface area contributed by atoms with Gasteiger partial charge in [-0.1, -0.05) is 17.7 Å². The maximum Gasteiger partial charge on any atom is 0.275 e. The fraction of sp³-hybridized carbons (Fsp3) is 0.345. The number of alkyl halides is 2. The maximum atomic E-state index is 14.7. The Morgan fingerprint density at radius 3 is 2.57 bits per heavy atom. The predicted octanol–water partition coefficient (Wildman–Crippen LogP) is 4.63. The highest BCUT2D eigenvalue weighted by Crippen LogP contribution is 2.50. The van der Waals surface area contributed by atoms with Crippen molar-refractivity contribution in [2.75, 3.05) is 30.9 Å². The van der Waals surface area contributed by atoms with Crippen molar-refractivity contribution < 1.29 is 22.8 Å². The van der Waals surface area contributed by atoms with Crippen LogP contribution in [-0.4, -0.2) is 73.1 Å². The third-order valence-electron chi connectivity index (χ3n) is 7.98. The zero-order valence-corrected chi connectivity index (χ0v) is 24.6. The minimum absolute atomic E-state index is 0.0504. The van der Waals surface area contributed by atoms with Gasteiger partial charge < -0.3 is 15.1 Å². The highest BCUT2D eigenvalue weighted by Gasteiger charge is 2.56. The van der Waals surface area contributed by atoms with Crippen molar-refractivity contribution in [3.8, 4) is 11.3 Å². The van der Waals surface area contributed by atoms with E-state index in [1.165, 1.54) is 6.20 Å². The summed E-state index contributed by atoms with van der Waals surface area (Å²) in [6, 6.07) is 1.48. The molecule has 2 fully saturated rings. The fourth-order valence-corrected chi connectivity index (χ4v) is 5.67. The normalized spacial score (nSPS) is 19.5. The van der Waals surface area contributed by atoms with Gasteiger partial charge in [-0.25, -0.2) is 28.1 Å². The molecule has 1 saturated carbocycles. The molecule has 4 heterocycles. The van der Waals surface area contributed by atoms with E-state index in [0.717, 1.165) is 43.1 Å². The van der Waals surface area contributed by atoms with Crippen LogP contribution in [0.25, 0.3) is 11.3 Å². The van der Waals surface area contributed by atoms with Crippen LogP contribution >= 0.6 is 11.6 Å². The van der Waals surface area contributed by atoms with Gasteiger partial charge >= 0.3 is 0 Å². The van der Waals surface area contributed by atoms with Crippen LogP contribution in [0.2, 0.25) is 5.02 Å². The summed E-state index contributed by atoms with van der Waals surface area (Å²) in [7, 11) is 3.50. The number of carbonyl (C=O) groups excluding carboxylic acids is 2. The first-order chi connectivity index (χ1) is 21.0. The molecule has 1 aromatic carbocycles. The maximum absolute atomic E-state index is 14.7. The second-order valence-corrected chi connectivity index (χ2v) is 11.5. The van der Waals surface area contributed by atoms with Crippen molar-refractivity contribution in [3.63, 3.8) is 0 Å². The quantitative estimate of drug-likeness (QED) is 0.301. The molecule has 2 aliphatic rings. The van der Waals surface area contributed by atoms with E-state index in [4.69, 9.17) is 11.6 Å². The highest BCUT2D eigenvalue weighted by atomic mass is 35.5. The summed E-state index contributed by atoms with van der Waals surface area (Å²) in [5.74, 6) is -0.400. The van der Waals surface area contributed by atoms with Gasteiger partial charge in [0.2, 0.25) is 11.9 Å². The number of halogens is 4. The molecular weight excluding hydrogens is 599 g/mol. The third-order valence-corrected chi connectivity index (χ3v) is 8.27. The van der Waals surface area contributed by atoms with Gasteiger partial charge in [0.15, 0.2) is 5.82 Å². The molecule has 1 N–H and O–H groups in total. The molecule has 6 rings (SSSR count). The van der Waals surface area contributed by atoms with Gasteiger partial charge in [-0.05, 0) is 31.2 Å². The van der Waals surface area contributed by atoms with Crippen LogP contribution in [0, 0.1) is 17.7 Å². The van der Waals surface area contributed by atoms with Crippen LogP contribution in [-0.2, 0) is 4.79 Å². The molecule has 44 heavy (non-hydrogen) atoms. The van der Waals surface area contributed by atoms with Crippen molar-refractivity contribution in [1.82, 2.24) is 34.6 Å². The molecule has 11 nitrogen and oxygen atoms in total. The van der Waals surface area contributed by atoms with Gasteiger partial charge in [0.05, 0.1) is 41.0 Å². The molecule has 4 atom stereocenters. The minimum atomic E-state index is -3.00. The Hall–Kier alpha value is -4.59. The van der Waals surface area contributed by atoms with E-state index in [1.54, 1.807) is 42.3 Å². The van der Waals surface area contributed by atoms with E-state index in [-0.39, 0.29) is 34.4 Å². The first-order valence-electron chi connectivity index (χ1n) is 13.8. The summed E-state index contributed by atoms with van der Waals surface area (Å²) < 4.78 is 43.5. The number of anilines is 2. The van der Waals surface area contributed by atoms with Gasteiger partial charge in [0, 0.05) is 55.9 Å². The van der Waals surface area contributed by atoms with E-state index in [2.05, 4.69) is 30.4 Å². The van der Waals surface area contributed by atoms with E-state index in [0.29, 0.717) is 23.5 Å². The third kappa shape index (κ3) is 5.45. The second kappa shape index (κ2) is 11.5. The smallest absolute Gasteiger partial charge is 0.275 e. The average molecular weight is 626 g/mol. The van der Waals surface area contributed by atoms with E-state index in [1.807, 2.05) is 11.8 Å². The molecule has 1 aliphatic carbocycles. The van der Waals surface area contributed by atoms with Crippen LogP contribution in [0.5, 0.6) is 0 Å². The molecule has 0 spiro atoms. The highest BCUT2D eigenvalue weighted by molar-refractivity contribution is 6.31. The predicted molar refractivity (Wildman–Crippen MR) is 155 cm³/mol. The molecule has 15 heteroatoms. The van der Waals surface area contributed by atoms with Crippen LogP contribution in [0.15, 0.2) is 49.3 Å². The number of hydrogen-bond acceptors (Lipinski definition) is 8. The number of piperidine rings is 1. The number of hydrogen-bond donors (Lipinski definition) is 1. The van der Waals surface area contributed by atoms with Crippen molar-refractivity contribution in [3.05, 3.63) is 77.0 Å². The first kappa shape index (κ1) is 29.5. The lowest BCUT2D eigenvalue weighted by molar-refractivity contribution is -0.130. The van der Waals surface area contributed by atoms with Gasteiger partial charge in [-0.3, -0.25) is 19.3 Å². The summed E-state index contributed by atoms with van der Waals surface area (Å²) in [6.07, 6.45) is 6.68. The molecule has 2 amide bonds. The number of amides is 2.